The molecule has 1 aromatic carbocycles. The molecule has 36 heavy (non-hydrogen) atoms. The SMILES string of the molecule is CCCCOC(=O)N1CCN(C(=O)C(c2ccc(Cl)c(Cl)c2)C2(O)CCN(C)CC2)CC1C(C)(C)C. The normalized spacial score (nSPS) is 21.8. The Labute approximate surface area is 225 Å². The van der Waals surface area contributed by atoms with Gasteiger partial charge in [0.25, 0.3) is 0 Å². The van der Waals surface area contributed by atoms with Gasteiger partial charge in [0.1, 0.15) is 0 Å². The first-order valence-electron chi connectivity index (χ1n) is 13.0. The van der Waals surface area contributed by atoms with Gasteiger partial charge in [-0.05, 0) is 49.4 Å². The zero-order valence-corrected chi connectivity index (χ0v) is 23.7. The number of rotatable bonds is 6. The number of halogens is 2. The Kier molecular flexibility index (Phi) is 9.58. The molecule has 2 atom stereocenters. The molecule has 0 spiro atoms. The van der Waals surface area contributed by atoms with E-state index in [4.69, 9.17) is 27.9 Å². The fourth-order valence-corrected chi connectivity index (χ4v) is 5.49. The molecule has 2 aliphatic heterocycles. The van der Waals surface area contributed by atoms with Gasteiger partial charge in [-0.1, -0.05) is 63.4 Å². The lowest BCUT2D eigenvalue weighted by atomic mass is 9.74. The number of piperazine rings is 1. The maximum atomic E-state index is 14.2. The summed E-state index contributed by atoms with van der Waals surface area (Å²) in [5, 5.41) is 12.6. The predicted molar refractivity (Wildman–Crippen MR) is 144 cm³/mol. The van der Waals surface area contributed by atoms with Gasteiger partial charge in [-0.15, -0.1) is 0 Å². The number of amides is 2. The van der Waals surface area contributed by atoms with Crippen LogP contribution in [0.5, 0.6) is 0 Å². The first-order chi connectivity index (χ1) is 16.9. The second-order valence-corrected chi connectivity index (χ2v) is 12.2. The van der Waals surface area contributed by atoms with Gasteiger partial charge < -0.3 is 24.5 Å². The quantitative estimate of drug-likeness (QED) is 0.511. The van der Waals surface area contributed by atoms with E-state index < -0.39 is 11.5 Å². The van der Waals surface area contributed by atoms with E-state index in [-0.39, 0.29) is 23.5 Å². The van der Waals surface area contributed by atoms with Gasteiger partial charge in [0.15, 0.2) is 0 Å². The lowest BCUT2D eigenvalue weighted by molar-refractivity contribution is -0.146. The van der Waals surface area contributed by atoms with E-state index in [1.807, 2.05) is 7.05 Å². The highest BCUT2D eigenvalue weighted by Gasteiger charge is 2.48. The number of nitrogens with zero attached hydrogens (tertiary/aromatic N) is 3. The number of carbonyl (C=O) groups excluding carboxylic acids is 2. The molecule has 0 aromatic heterocycles. The number of likely N-dealkylation sites (tertiary alicyclic amines) is 1. The van der Waals surface area contributed by atoms with Gasteiger partial charge in [0.05, 0.1) is 34.2 Å². The van der Waals surface area contributed by atoms with Gasteiger partial charge in [0, 0.05) is 32.7 Å². The summed E-state index contributed by atoms with van der Waals surface area (Å²) >= 11 is 12.5. The van der Waals surface area contributed by atoms with Crippen LogP contribution in [0.2, 0.25) is 10.0 Å². The maximum absolute atomic E-state index is 14.2. The average Bonchev–Trinajstić information content (AvgIpc) is 2.82. The van der Waals surface area contributed by atoms with Crippen molar-refractivity contribution in [3.8, 4) is 0 Å². The van der Waals surface area contributed by atoms with Crippen molar-refractivity contribution in [2.45, 2.75) is 70.9 Å². The predicted octanol–water partition coefficient (Wildman–Crippen LogP) is 5.03. The number of unbranched alkanes of at least 4 members (excludes halogenated alkanes) is 1. The van der Waals surface area contributed by atoms with Crippen molar-refractivity contribution in [2.75, 3.05) is 46.4 Å². The number of aliphatic hydroxyl groups is 1. The molecule has 7 nitrogen and oxygen atoms in total. The highest BCUT2D eigenvalue weighted by molar-refractivity contribution is 6.42. The summed E-state index contributed by atoms with van der Waals surface area (Å²) in [6.45, 7) is 11.2. The van der Waals surface area contributed by atoms with Crippen LogP contribution in [0.4, 0.5) is 4.79 Å². The first kappa shape index (κ1) is 29.0. The Bertz CT molecular complexity index is 928. The van der Waals surface area contributed by atoms with Crippen LogP contribution in [-0.2, 0) is 9.53 Å². The lowest BCUT2D eigenvalue weighted by Crippen LogP contribution is -2.62. The van der Waals surface area contributed by atoms with Crippen LogP contribution >= 0.6 is 23.2 Å². The Morgan fingerprint density at radius 3 is 2.39 bits per heavy atom. The number of piperidine rings is 1. The number of ether oxygens (including phenoxy) is 1. The van der Waals surface area contributed by atoms with Gasteiger partial charge in [-0.2, -0.15) is 0 Å². The van der Waals surface area contributed by atoms with Crippen LogP contribution in [-0.4, -0.2) is 89.8 Å². The van der Waals surface area contributed by atoms with Crippen molar-refractivity contribution < 1.29 is 19.4 Å². The standard InChI is InChI=1S/C27H41Cl2N3O4/c1-6-7-16-36-25(34)32-15-14-31(18-22(32)26(2,3)4)24(33)23(19-8-9-20(28)21(29)17-19)27(35)10-12-30(5)13-11-27/h8-9,17,22-23,35H,6-7,10-16,18H2,1-5H3. The third-order valence-electron chi connectivity index (χ3n) is 7.56. The monoisotopic (exact) mass is 541 g/mol. The molecule has 9 heteroatoms. The Balaban J connectivity index is 1.89. The molecule has 1 N–H and O–H groups in total. The summed E-state index contributed by atoms with van der Waals surface area (Å²) in [5.74, 6) is -0.918. The second kappa shape index (κ2) is 11.9. The highest BCUT2D eigenvalue weighted by Crippen LogP contribution is 2.40. The molecule has 2 amide bonds. The van der Waals surface area contributed by atoms with Crippen molar-refractivity contribution in [3.63, 3.8) is 0 Å². The summed E-state index contributed by atoms with van der Waals surface area (Å²) in [6.07, 6.45) is 2.40. The van der Waals surface area contributed by atoms with E-state index in [1.165, 1.54) is 0 Å². The second-order valence-electron chi connectivity index (χ2n) is 11.3. The molecule has 0 radical (unpaired) electrons. The van der Waals surface area contributed by atoms with E-state index in [0.29, 0.717) is 67.8 Å². The Morgan fingerprint density at radius 1 is 1.14 bits per heavy atom. The van der Waals surface area contributed by atoms with Crippen molar-refractivity contribution in [3.05, 3.63) is 33.8 Å². The Hall–Kier alpha value is -1.54. The van der Waals surface area contributed by atoms with Crippen LogP contribution in [0, 0.1) is 5.41 Å². The third-order valence-corrected chi connectivity index (χ3v) is 8.30. The van der Waals surface area contributed by atoms with Gasteiger partial charge in [0.2, 0.25) is 5.91 Å². The minimum absolute atomic E-state index is 0.145. The van der Waals surface area contributed by atoms with E-state index in [0.717, 1.165) is 12.8 Å². The lowest BCUT2D eigenvalue weighted by Gasteiger charge is -2.49. The molecule has 0 saturated carbocycles. The fourth-order valence-electron chi connectivity index (χ4n) is 5.18. The van der Waals surface area contributed by atoms with E-state index in [1.54, 1.807) is 28.0 Å². The van der Waals surface area contributed by atoms with Crippen LogP contribution in [0.25, 0.3) is 0 Å². The zero-order valence-electron chi connectivity index (χ0n) is 22.2. The van der Waals surface area contributed by atoms with Crippen LogP contribution in [0.15, 0.2) is 18.2 Å². The van der Waals surface area contributed by atoms with Gasteiger partial charge >= 0.3 is 6.09 Å². The molecule has 3 rings (SSSR count). The molecule has 202 valence electrons. The molecular formula is C27H41Cl2N3O4. The molecule has 1 aromatic rings. The van der Waals surface area contributed by atoms with Gasteiger partial charge in [-0.25, -0.2) is 4.79 Å². The van der Waals surface area contributed by atoms with Crippen molar-refractivity contribution >= 4 is 35.2 Å². The van der Waals surface area contributed by atoms with Crippen molar-refractivity contribution in [1.29, 1.82) is 0 Å². The average molecular weight is 543 g/mol. The van der Waals surface area contributed by atoms with E-state index in [9.17, 15) is 14.7 Å². The van der Waals surface area contributed by atoms with Gasteiger partial charge in [-0.3, -0.25) is 4.79 Å². The third kappa shape index (κ3) is 6.66. The Morgan fingerprint density at radius 2 is 1.81 bits per heavy atom. The summed E-state index contributed by atoms with van der Waals surface area (Å²) in [7, 11) is 2.02. The molecule has 2 unspecified atom stereocenters. The minimum atomic E-state index is -1.20. The van der Waals surface area contributed by atoms with Crippen LogP contribution in [0.3, 0.4) is 0 Å². The van der Waals surface area contributed by atoms with E-state index in [2.05, 4.69) is 32.6 Å². The van der Waals surface area contributed by atoms with Crippen LogP contribution in [0.1, 0.15) is 64.9 Å². The summed E-state index contributed by atoms with van der Waals surface area (Å²) in [4.78, 5) is 32.8. The number of hydrogen-bond acceptors (Lipinski definition) is 5. The minimum Gasteiger partial charge on any atom is -0.449 e. The number of carbonyl (C=O) groups is 2. The van der Waals surface area contributed by atoms with Crippen LogP contribution < -0.4 is 0 Å². The van der Waals surface area contributed by atoms with Crippen molar-refractivity contribution in [2.24, 2.45) is 5.41 Å². The molecule has 2 saturated heterocycles. The van der Waals surface area contributed by atoms with E-state index >= 15 is 0 Å². The number of benzene rings is 1. The summed E-state index contributed by atoms with van der Waals surface area (Å²) in [6, 6.07) is 4.95. The summed E-state index contributed by atoms with van der Waals surface area (Å²) in [5.41, 5.74) is -0.810. The molecular weight excluding hydrogens is 501 g/mol. The molecule has 2 fully saturated rings. The molecule has 2 aliphatic rings. The molecule has 0 bridgehead atoms. The first-order valence-corrected chi connectivity index (χ1v) is 13.7. The zero-order chi connectivity index (χ0) is 26.7. The fraction of sp³-hybridized carbons (Fsp3) is 0.704. The summed E-state index contributed by atoms with van der Waals surface area (Å²) < 4.78 is 5.52. The molecule has 0 aliphatic carbocycles. The largest absolute Gasteiger partial charge is 0.449 e. The number of hydrogen-bond donors (Lipinski definition) is 1. The van der Waals surface area contributed by atoms with Crippen molar-refractivity contribution in [1.82, 2.24) is 14.7 Å². The smallest absolute Gasteiger partial charge is 0.410 e. The molecule has 2 heterocycles. The maximum Gasteiger partial charge on any atom is 0.410 e. The topological polar surface area (TPSA) is 73.3 Å². The highest BCUT2D eigenvalue weighted by atomic mass is 35.5.